The summed E-state index contributed by atoms with van der Waals surface area (Å²) in [6.45, 7) is 0.0657. The van der Waals surface area contributed by atoms with Gasteiger partial charge in [-0.15, -0.1) is 3.89 Å². The summed E-state index contributed by atoms with van der Waals surface area (Å²) in [6.07, 6.45) is -4.34. The normalized spacial score (nSPS) is 15.8. The number of halogens is 8. The summed E-state index contributed by atoms with van der Waals surface area (Å²) in [5, 5.41) is 0. The van der Waals surface area contributed by atoms with Gasteiger partial charge in [0.05, 0.1) is 11.5 Å². The molecule has 0 saturated heterocycles. The quantitative estimate of drug-likeness (QED) is 0.283. The van der Waals surface area contributed by atoms with Gasteiger partial charge in [-0.2, -0.15) is 26.3 Å². The SMILES string of the molecule is O=S(CCCCCOc1ccc(S(=O)(F)(Cl)CC(F)(F)F)cc1)C(F)(F)F. The van der Waals surface area contributed by atoms with E-state index in [1.165, 1.54) is 0 Å². The summed E-state index contributed by atoms with van der Waals surface area (Å²) in [7, 11) is -3.90. The lowest BCUT2D eigenvalue weighted by molar-refractivity contribution is -0.106. The predicted molar refractivity (Wildman–Crippen MR) is 89.1 cm³/mol. The monoisotopic (exact) mass is 464 g/mol. The van der Waals surface area contributed by atoms with Crippen LogP contribution in [0.5, 0.6) is 5.75 Å². The van der Waals surface area contributed by atoms with E-state index in [4.69, 9.17) is 15.4 Å². The molecule has 13 heteroatoms. The fourth-order valence-corrected chi connectivity index (χ4v) is 4.70. The molecule has 0 aliphatic heterocycles. The van der Waals surface area contributed by atoms with E-state index in [2.05, 4.69) is 0 Å². The standard InChI is InChI=1S/C14H16ClF7O3S2/c15-27(22,24,10-13(16,17)18)12-6-4-11(5-7-12)25-8-2-1-3-9-26(23)14(19,20)21/h4-7H,1-3,8-10H2. The third kappa shape index (κ3) is 8.77. The van der Waals surface area contributed by atoms with Gasteiger partial charge in [-0.3, -0.25) is 4.21 Å². The smallest absolute Gasteiger partial charge is 0.471 e. The van der Waals surface area contributed by atoms with Crippen LogP contribution < -0.4 is 4.74 Å². The summed E-state index contributed by atoms with van der Waals surface area (Å²) in [5.41, 5.74) is -4.74. The Morgan fingerprint density at radius 1 is 1.00 bits per heavy atom. The van der Waals surface area contributed by atoms with Crippen LogP contribution in [0.15, 0.2) is 29.2 Å². The number of ether oxygens (including phenoxy) is 1. The maximum Gasteiger partial charge on any atom is 0.471 e. The zero-order valence-corrected chi connectivity index (χ0v) is 16.0. The molecular formula is C14H16ClF7O3S2. The first-order valence-electron chi connectivity index (χ1n) is 7.43. The second-order valence-corrected chi connectivity index (χ2v) is 11.5. The first-order chi connectivity index (χ1) is 12.1. The zero-order valence-electron chi connectivity index (χ0n) is 13.6. The number of hydrogen-bond acceptors (Lipinski definition) is 3. The first-order valence-corrected chi connectivity index (χ1v) is 11.6. The van der Waals surface area contributed by atoms with Crippen LogP contribution in [0.25, 0.3) is 0 Å². The van der Waals surface area contributed by atoms with Gasteiger partial charge in [-0.05, 0) is 54.2 Å². The Balaban J connectivity index is 2.48. The molecule has 1 aromatic carbocycles. The van der Waals surface area contributed by atoms with Gasteiger partial charge in [-0.1, -0.05) is 0 Å². The first kappa shape index (κ1) is 24.2. The molecular weight excluding hydrogens is 449 g/mol. The maximum absolute atomic E-state index is 14.1. The molecule has 0 spiro atoms. The minimum Gasteiger partial charge on any atom is -0.494 e. The molecule has 3 nitrogen and oxygen atoms in total. The van der Waals surface area contributed by atoms with Crippen LogP contribution in [0.4, 0.5) is 30.2 Å². The van der Waals surface area contributed by atoms with Gasteiger partial charge in [-0.25, -0.2) is 4.21 Å². The van der Waals surface area contributed by atoms with Gasteiger partial charge in [0.2, 0.25) is 0 Å². The maximum atomic E-state index is 14.1. The number of hydrogen-bond donors (Lipinski definition) is 0. The molecule has 158 valence electrons. The lowest BCUT2D eigenvalue weighted by atomic mass is 10.3. The fourth-order valence-electron chi connectivity index (χ4n) is 1.96. The molecule has 0 N–H and O–H groups in total. The van der Waals surface area contributed by atoms with Gasteiger partial charge < -0.3 is 4.74 Å². The van der Waals surface area contributed by atoms with Crippen molar-refractivity contribution in [2.24, 2.45) is 0 Å². The summed E-state index contributed by atoms with van der Waals surface area (Å²) >= 11 is 0. The zero-order chi connectivity index (χ0) is 21.0. The van der Waals surface area contributed by atoms with Crippen LogP contribution in [0.3, 0.4) is 0 Å². The van der Waals surface area contributed by atoms with Gasteiger partial charge in [0.15, 0.2) is 0 Å². The molecule has 0 amide bonds. The van der Waals surface area contributed by atoms with Gasteiger partial charge in [0.1, 0.15) is 31.0 Å². The Morgan fingerprint density at radius 2 is 1.56 bits per heavy atom. The third-order valence-electron chi connectivity index (χ3n) is 3.17. The molecule has 0 aliphatic carbocycles. The van der Waals surface area contributed by atoms with Crippen molar-refractivity contribution >= 4 is 30.1 Å². The van der Waals surface area contributed by atoms with E-state index in [9.17, 15) is 38.6 Å². The van der Waals surface area contributed by atoms with Gasteiger partial charge >= 0.3 is 11.7 Å². The van der Waals surface area contributed by atoms with Crippen molar-refractivity contribution in [1.82, 2.24) is 0 Å². The Labute approximate surface area is 157 Å². The van der Waals surface area contributed by atoms with Crippen molar-refractivity contribution in [2.45, 2.75) is 35.8 Å². The van der Waals surface area contributed by atoms with Crippen LogP contribution in [-0.4, -0.2) is 38.2 Å². The highest BCUT2D eigenvalue weighted by Crippen LogP contribution is 2.46. The summed E-state index contributed by atoms with van der Waals surface area (Å²) in [5.74, 6) is -2.70. The molecule has 27 heavy (non-hydrogen) atoms. The van der Waals surface area contributed by atoms with Gasteiger partial charge in [0, 0.05) is 5.75 Å². The predicted octanol–water partition coefficient (Wildman–Crippen LogP) is 5.28. The molecule has 0 radical (unpaired) electrons. The van der Waals surface area contributed by atoms with E-state index in [0.717, 1.165) is 24.3 Å². The van der Waals surface area contributed by atoms with E-state index in [0.29, 0.717) is 12.8 Å². The number of benzene rings is 1. The van der Waals surface area contributed by atoms with Crippen molar-refractivity contribution in [3.8, 4) is 5.75 Å². The van der Waals surface area contributed by atoms with E-state index in [1.807, 2.05) is 0 Å². The third-order valence-corrected chi connectivity index (χ3v) is 7.17. The summed E-state index contributed by atoms with van der Waals surface area (Å²) in [4.78, 5) is -0.826. The van der Waals surface area contributed by atoms with Gasteiger partial charge in [0.25, 0.3) is 0 Å². The summed E-state index contributed by atoms with van der Waals surface area (Å²) in [6, 6.07) is 3.80. The minimum absolute atomic E-state index is 0.0657. The Bertz CT molecular complexity index is 711. The van der Waals surface area contributed by atoms with E-state index in [-0.39, 0.29) is 18.8 Å². The molecule has 1 atom stereocenters. The number of alkyl halides is 6. The Hall–Kier alpha value is -0.880. The second-order valence-electron chi connectivity index (χ2n) is 5.54. The van der Waals surface area contributed by atoms with Crippen molar-refractivity contribution in [2.75, 3.05) is 18.1 Å². The van der Waals surface area contributed by atoms with E-state index >= 15 is 0 Å². The highest BCUT2D eigenvalue weighted by atomic mass is 35.7. The van der Waals surface area contributed by atoms with Crippen LogP contribution in [-0.2, 0) is 19.5 Å². The molecule has 0 aromatic heterocycles. The number of rotatable bonds is 9. The molecule has 1 unspecified atom stereocenters. The van der Waals surface area contributed by atoms with Crippen molar-refractivity contribution in [3.05, 3.63) is 24.3 Å². The van der Waals surface area contributed by atoms with Crippen LogP contribution in [0.1, 0.15) is 19.3 Å². The van der Waals surface area contributed by atoms with Crippen molar-refractivity contribution < 1.29 is 43.4 Å². The average molecular weight is 465 g/mol. The fraction of sp³-hybridized carbons (Fsp3) is 0.571. The molecule has 0 heterocycles. The second kappa shape index (κ2) is 8.64. The van der Waals surface area contributed by atoms with Crippen LogP contribution in [0, 0.1) is 0 Å². The highest BCUT2D eigenvalue weighted by molar-refractivity contribution is 8.34. The van der Waals surface area contributed by atoms with E-state index in [1.54, 1.807) is 0 Å². The summed E-state index contributed by atoms with van der Waals surface area (Å²) < 4.78 is 115. The lowest BCUT2D eigenvalue weighted by Gasteiger charge is -2.27. The highest BCUT2D eigenvalue weighted by Gasteiger charge is 2.48. The van der Waals surface area contributed by atoms with Crippen molar-refractivity contribution in [1.29, 1.82) is 0 Å². The van der Waals surface area contributed by atoms with Crippen molar-refractivity contribution in [3.63, 3.8) is 0 Å². The molecule has 0 aliphatic rings. The molecule has 0 saturated carbocycles. The molecule has 0 fully saturated rings. The Kier molecular flexibility index (Phi) is 7.73. The lowest BCUT2D eigenvalue weighted by Crippen LogP contribution is -2.33. The average Bonchev–Trinajstić information content (AvgIpc) is 2.47. The molecule has 1 aromatic rings. The number of unbranched alkanes of at least 4 members (excludes halogenated alkanes) is 2. The van der Waals surface area contributed by atoms with Crippen LogP contribution >= 0.6 is 10.7 Å². The largest absolute Gasteiger partial charge is 0.494 e. The Morgan fingerprint density at radius 3 is 2.04 bits per heavy atom. The minimum atomic E-state index is -6.10. The topological polar surface area (TPSA) is 43.4 Å². The van der Waals surface area contributed by atoms with E-state index < -0.39 is 47.6 Å². The molecule has 1 rings (SSSR count). The van der Waals surface area contributed by atoms with Crippen LogP contribution in [0.2, 0.25) is 0 Å². The molecule has 0 bridgehead atoms.